The summed E-state index contributed by atoms with van der Waals surface area (Å²) in [4.78, 5) is 0. The molecule has 1 heterocycles. The number of hydrogen-bond acceptors (Lipinski definition) is 5. The number of aromatic nitrogens is 3. The Labute approximate surface area is 179 Å². The van der Waals surface area contributed by atoms with Crippen molar-refractivity contribution in [3.05, 3.63) is 69.0 Å². The fraction of sp³-hybridized carbons (Fsp3) is 0.300. The maximum absolute atomic E-state index is 6.22. The van der Waals surface area contributed by atoms with Crippen LogP contribution in [-0.4, -0.2) is 14.9 Å². The third-order valence-electron chi connectivity index (χ3n) is 4.25. The minimum absolute atomic E-state index is 0.245. The lowest BCUT2D eigenvalue weighted by Gasteiger charge is -2.14. The van der Waals surface area contributed by atoms with E-state index in [0.717, 1.165) is 22.4 Å². The van der Waals surface area contributed by atoms with Gasteiger partial charge < -0.3 is 10.6 Å². The average Bonchev–Trinajstić information content (AvgIpc) is 2.99. The van der Waals surface area contributed by atoms with Crippen LogP contribution in [0.3, 0.4) is 0 Å². The summed E-state index contributed by atoms with van der Waals surface area (Å²) >= 11 is 13.6. The Balaban J connectivity index is 1.67. The number of nitrogens with zero attached hydrogens (tertiary/aromatic N) is 3. The first-order valence-corrected chi connectivity index (χ1v) is 10.6. The van der Waals surface area contributed by atoms with Crippen molar-refractivity contribution in [3.8, 4) is 5.75 Å². The highest BCUT2D eigenvalue weighted by atomic mass is 35.5. The maximum atomic E-state index is 6.22. The molecule has 0 spiro atoms. The number of nitrogen functional groups attached to an aromatic ring is 1. The lowest BCUT2D eigenvalue weighted by molar-refractivity contribution is 0.287. The Morgan fingerprint density at radius 3 is 2.64 bits per heavy atom. The van der Waals surface area contributed by atoms with Gasteiger partial charge in [0.25, 0.3) is 0 Å². The first-order chi connectivity index (χ1) is 13.3. The fourth-order valence-corrected chi connectivity index (χ4v) is 4.10. The number of hydrogen-bond donors (Lipinski definition) is 1. The summed E-state index contributed by atoms with van der Waals surface area (Å²) in [6.45, 7) is 6.56. The smallest absolute Gasteiger partial charge is 0.210 e. The highest BCUT2D eigenvalue weighted by Gasteiger charge is 2.14. The van der Waals surface area contributed by atoms with Gasteiger partial charge in [-0.25, -0.2) is 4.68 Å². The Morgan fingerprint density at radius 1 is 1.14 bits per heavy atom. The van der Waals surface area contributed by atoms with E-state index in [1.54, 1.807) is 6.07 Å². The van der Waals surface area contributed by atoms with Crippen molar-refractivity contribution in [3.63, 3.8) is 0 Å². The molecule has 0 unspecified atom stereocenters. The molecule has 0 saturated carbocycles. The summed E-state index contributed by atoms with van der Waals surface area (Å²) in [6, 6.07) is 11.6. The van der Waals surface area contributed by atoms with Crippen LogP contribution in [0.25, 0.3) is 0 Å². The number of halogens is 2. The van der Waals surface area contributed by atoms with Gasteiger partial charge in [-0.15, -0.1) is 10.2 Å². The molecule has 0 aliphatic rings. The van der Waals surface area contributed by atoms with Gasteiger partial charge in [0.05, 0.1) is 0 Å². The summed E-state index contributed by atoms with van der Waals surface area (Å²) < 4.78 is 7.46. The van der Waals surface area contributed by atoms with Crippen LogP contribution in [0.5, 0.6) is 5.75 Å². The van der Waals surface area contributed by atoms with E-state index in [9.17, 15) is 0 Å². The van der Waals surface area contributed by atoms with Gasteiger partial charge in [0.15, 0.2) is 5.82 Å². The van der Waals surface area contributed by atoms with Gasteiger partial charge in [0.2, 0.25) is 5.16 Å². The molecule has 2 aromatic carbocycles. The summed E-state index contributed by atoms with van der Waals surface area (Å²) in [5.74, 6) is 8.54. The van der Waals surface area contributed by atoms with Crippen LogP contribution in [-0.2, 0) is 12.4 Å². The Kier molecular flexibility index (Phi) is 6.75. The zero-order valence-corrected chi connectivity index (χ0v) is 18.3. The molecule has 28 heavy (non-hydrogen) atoms. The molecule has 0 saturated heterocycles. The summed E-state index contributed by atoms with van der Waals surface area (Å²) in [5, 5.41) is 10.2. The molecular weight excluding hydrogens is 415 g/mol. The third-order valence-corrected chi connectivity index (χ3v) is 5.83. The summed E-state index contributed by atoms with van der Waals surface area (Å²) in [5.41, 5.74) is 3.25. The fourth-order valence-electron chi connectivity index (χ4n) is 2.67. The molecule has 3 aromatic rings. The molecule has 0 radical (unpaired) electrons. The van der Waals surface area contributed by atoms with Crippen molar-refractivity contribution in [2.75, 3.05) is 5.84 Å². The predicted molar refractivity (Wildman–Crippen MR) is 116 cm³/mol. The van der Waals surface area contributed by atoms with E-state index in [4.69, 9.17) is 33.8 Å². The highest BCUT2D eigenvalue weighted by molar-refractivity contribution is 7.98. The summed E-state index contributed by atoms with van der Waals surface area (Å²) in [6.07, 6.45) is 0. The van der Waals surface area contributed by atoms with Crippen molar-refractivity contribution in [1.29, 1.82) is 0 Å². The lowest BCUT2D eigenvalue weighted by atomic mass is 10.0. The monoisotopic (exact) mass is 436 g/mol. The number of ether oxygens (including phenoxy) is 1. The number of thioether (sulfide) groups is 1. The van der Waals surface area contributed by atoms with E-state index in [0.29, 0.717) is 32.7 Å². The van der Waals surface area contributed by atoms with Gasteiger partial charge in [-0.1, -0.05) is 67.0 Å². The molecule has 0 aliphatic carbocycles. The summed E-state index contributed by atoms with van der Waals surface area (Å²) in [7, 11) is 0. The Bertz CT molecular complexity index is 975. The molecule has 0 fully saturated rings. The largest absolute Gasteiger partial charge is 0.485 e. The number of aryl methyl sites for hydroxylation is 1. The average molecular weight is 437 g/mol. The number of nitrogens with two attached hydrogens (primary N) is 1. The van der Waals surface area contributed by atoms with Crippen LogP contribution in [0.2, 0.25) is 10.0 Å². The third kappa shape index (κ3) is 4.93. The molecule has 5 nitrogen and oxygen atoms in total. The van der Waals surface area contributed by atoms with Crippen LogP contribution < -0.4 is 10.6 Å². The second kappa shape index (κ2) is 9.07. The van der Waals surface area contributed by atoms with Gasteiger partial charge >= 0.3 is 0 Å². The number of benzene rings is 2. The minimum atomic E-state index is 0.245. The first-order valence-electron chi connectivity index (χ1n) is 8.84. The van der Waals surface area contributed by atoms with Gasteiger partial charge in [-0.2, -0.15) is 0 Å². The molecule has 1 aromatic heterocycles. The highest BCUT2D eigenvalue weighted by Crippen LogP contribution is 2.29. The van der Waals surface area contributed by atoms with E-state index in [1.807, 2.05) is 25.1 Å². The lowest BCUT2D eigenvalue weighted by Crippen LogP contribution is -2.16. The van der Waals surface area contributed by atoms with Crippen molar-refractivity contribution in [2.24, 2.45) is 0 Å². The normalized spacial score (nSPS) is 11.2. The second-order valence-corrected chi connectivity index (χ2v) is 8.56. The second-order valence-electron chi connectivity index (χ2n) is 6.78. The van der Waals surface area contributed by atoms with Crippen LogP contribution in [0.4, 0.5) is 0 Å². The molecule has 2 N–H and O–H groups in total. The molecular formula is C20H22Cl2N4OS. The number of rotatable bonds is 7. The van der Waals surface area contributed by atoms with Crippen molar-refractivity contribution < 1.29 is 4.74 Å². The van der Waals surface area contributed by atoms with Gasteiger partial charge in [0, 0.05) is 15.8 Å². The van der Waals surface area contributed by atoms with Crippen molar-refractivity contribution >= 4 is 35.0 Å². The minimum Gasteiger partial charge on any atom is -0.485 e. The predicted octanol–water partition coefficient (Wildman–Crippen LogP) is 5.60. The molecule has 0 bridgehead atoms. The van der Waals surface area contributed by atoms with Crippen LogP contribution in [0.15, 0.2) is 41.6 Å². The molecule has 0 aliphatic heterocycles. The SMILES string of the molecule is Cc1ccc(C(C)C)c(OCc2nnc(SCc3ccc(Cl)cc3Cl)n2N)c1. The van der Waals surface area contributed by atoms with Crippen molar-refractivity contribution in [2.45, 2.75) is 44.2 Å². The zero-order valence-electron chi connectivity index (χ0n) is 15.9. The van der Waals surface area contributed by atoms with E-state index < -0.39 is 0 Å². The topological polar surface area (TPSA) is 66.0 Å². The van der Waals surface area contributed by atoms with E-state index in [-0.39, 0.29) is 6.61 Å². The van der Waals surface area contributed by atoms with E-state index in [2.05, 4.69) is 36.2 Å². The molecule has 0 atom stereocenters. The molecule has 3 rings (SSSR count). The van der Waals surface area contributed by atoms with E-state index >= 15 is 0 Å². The van der Waals surface area contributed by atoms with Gasteiger partial charge in [0.1, 0.15) is 12.4 Å². The van der Waals surface area contributed by atoms with Gasteiger partial charge in [-0.3, -0.25) is 0 Å². The first kappa shape index (κ1) is 20.8. The van der Waals surface area contributed by atoms with E-state index in [1.165, 1.54) is 16.4 Å². The van der Waals surface area contributed by atoms with Crippen LogP contribution >= 0.6 is 35.0 Å². The maximum Gasteiger partial charge on any atom is 0.210 e. The quantitative estimate of drug-likeness (QED) is 0.385. The zero-order chi connectivity index (χ0) is 20.3. The molecule has 148 valence electrons. The van der Waals surface area contributed by atoms with Crippen LogP contribution in [0, 0.1) is 6.92 Å². The van der Waals surface area contributed by atoms with Crippen molar-refractivity contribution in [1.82, 2.24) is 14.9 Å². The Hall–Kier alpha value is -1.89. The molecule has 0 amide bonds. The van der Waals surface area contributed by atoms with Gasteiger partial charge in [-0.05, 0) is 47.7 Å². The molecule has 8 heteroatoms. The Morgan fingerprint density at radius 2 is 1.93 bits per heavy atom. The standard InChI is InChI=1S/C20H22Cl2N4OS/c1-12(2)16-7-4-13(3)8-18(16)27-10-19-24-25-20(26(19)23)28-11-14-5-6-15(21)9-17(14)22/h4-9,12H,10-11,23H2,1-3H3. The van der Waals surface area contributed by atoms with Crippen LogP contribution in [0.1, 0.15) is 42.3 Å².